The Morgan fingerprint density at radius 2 is 2.19 bits per heavy atom. The van der Waals surface area contributed by atoms with Gasteiger partial charge in [-0.2, -0.15) is 0 Å². The number of sulfonamides is 1. The van der Waals surface area contributed by atoms with Crippen LogP contribution in [0.4, 0.5) is 0 Å². The summed E-state index contributed by atoms with van der Waals surface area (Å²) in [5, 5.41) is 8.89. The van der Waals surface area contributed by atoms with Gasteiger partial charge in [0.25, 0.3) is 0 Å². The van der Waals surface area contributed by atoms with Gasteiger partial charge in [0.2, 0.25) is 10.0 Å². The van der Waals surface area contributed by atoms with Crippen molar-refractivity contribution in [2.45, 2.75) is 31.3 Å². The maximum Gasteiger partial charge on any atom is 0.307 e. The minimum absolute atomic E-state index is 0.0442. The number of carboxylic acids is 1. The number of rotatable bonds is 5. The van der Waals surface area contributed by atoms with Crippen LogP contribution in [0.25, 0.3) is 0 Å². The lowest BCUT2D eigenvalue weighted by Gasteiger charge is -2.19. The van der Waals surface area contributed by atoms with E-state index in [0.717, 1.165) is 9.87 Å². The van der Waals surface area contributed by atoms with Gasteiger partial charge in [-0.3, -0.25) is 4.79 Å². The van der Waals surface area contributed by atoms with E-state index in [1.165, 1.54) is 20.0 Å². The molecule has 0 amide bonds. The molecule has 1 aromatic rings. The zero-order valence-electron chi connectivity index (χ0n) is 12.2. The molecular formula is C14H19NO5S. The summed E-state index contributed by atoms with van der Waals surface area (Å²) in [5.41, 5.74) is 0.864. The van der Waals surface area contributed by atoms with Crippen molar-refractivity contribution in [2.24, 2.45) is 5.92 Å². The van der Waals surface area contributed by atoms with Crippen LogP contribution in [-0.2, 0) is 21.2 Å². The van der Waals surface area contributed by atoms with Crippen LogP contribution in [-0.4, -0.2) is 43.5 Å². The number of hydrogen-bond acceptors (Lipinski definition) is 4. The van der Waals surface area contributed by atoms with E-state index in [4.69, 9.17) is 9.84 Å². The first-order chi connectivity index (χ1) is 9.71. The molecule has 0 aromatic heterocycles. The molecule has 1 aliphatic rings. The zero-order valence-corrected chi connectivity index (χ0v) is 13.1. The van der Waals surface area contributed by atoms with E-state index in [9.17, 15) is 13.2 Å². The molecule has 0 saturated carbocycles. The molecule has 2 rings (SSSR count). The number of aliphatic carboxylic acids is 1. The number of nitrogens with zero attached hydrogens (tertiary/aromatic N) is 1. The summed E-state index contributed by atoms with van der Waals surface area (Å²) in [6, 6.07) is 4.75. The van der Waals surface area contributed by atoms with E-state index in [-0.39, 0.29) is 17.5 Å². The van der Waals surface area contributed by atoms with Gasteiger partial charge in [-0.1, -0.05) is 6.92 Å². The number of hydrogen-bond donors (Lipinski definition) is 1. The van der Waals surface area contributed by atoms with Crippen LogP contribution in [0.3, 0.4) is 0 Å². The number of carboxylic acid groups (broad SMARTS) is 1. The molecule has 116 valence electrons. The first-order valence-corrected chi connectivity index (χ1v) is 8.14. The summed E-state index contributed by atoms with van der Waals surface area (Å²) in [6.07, 6.45) is 0.719. The van der Waals surface area contributed by atoms with Gasteiger partial charge in [0.15, 0.2) is 0 Å². The molecule has 7 heteroatoms. The molecule has 0 radical (unpaired) electrons. The summed E-state index contributed by atoms with van der Waals surface area (Å²) >= 11 is 0. The fourth-order valence-electron chi connectivity index (χ4n) is 2.30. The molecule has 0 bridgehead atoms. The monoisotopic (exact) mass is 313 g/mol. The van der Waals surface area contributed by atoms with E-state index in [2.05, 4.69) is 0 Å². The summed E-state index contributed by atoms with van der Waals surface area (Å²) in [4.78, 5) is 11.0. The van der Waals surface area contributed by atoms with Crippen molar-refractivity contribution in [2.75, 3.05) is 13.6 Å². The summed E-state index contributed by atoms with van der Waals surface area (Å²) in [7, 11) is -2.30. The Balaban J connectivity index is 2.24. The highest BCUT2D eigenvalue weighted by Crippen LogP contribution is 2.31. The van der Waals surface area contributed by atoms with Gasteiger partial charge in [0.1, 0.15) is 11.9 Å². The van der Waals surface area contributed by atoms with Gasteiger partial charge < -0.3 is 9.84 Å². The molecule has 2 unspecified atom stereocenters. The average Bonchev–Trinajstić information content (AvgIpc) is 2.77. The standard InChI is InChI=1S/C14H19NO5S/c1-9(14(16)17)8-15(3)21(18,19)12-4-5-13-11(7-12)6-10(2)20-13/h4-5,7,9-10H,6,8H2,1-3H3,(H,16,17). The lowest BCUT2D eigenvalue weighted by molar-refractivity contribution is -0.141. The van der Waals surface area contributed by atoms with Gasteiger partial charge in [-0.25, -0.2) is 12.7 Å². The van der Waals surface area contributed by atoms with Crippen LogP contribution in [0.15, 0.2) is 23.1 Å². The van der Waals surface area contributed by atoms with Crippen molar-refractivity contribution in [1.29, 1.82) is 0 Å². The molecule has 0 fully saturated rings. The predicted octanol–water partition coefficient (Wildman–Crippen LogP) is 1.35. The summed E-state index contributed by atoms with van der Waals surface area (Å²) in [6.45, 7) is 3.34. The molecule has 2 atom stereocenters. The molecule has 1 aliphatic heterocycles. The molecule has 1 N–H and O–H groups in total. The minimum atomic E-state index is -3.69. The molecule has 6 nitrogen and oxygen atoms in total. The second-order valence-electron chi connectivity index (χ2n) is 5.43. The Labute approximate surface area is 124 Å². The number of fused-ring (bicyclic) bond motifs is 1. The first-order valence-electron chi connectivity index (χ1n) is 6.70. The highest BCUT2D eigenvalue weighted by Gasteiger charge is 2.27. The smallest absolute Gasteiger partial charge is 0.307 e. The topological polar surface area (TPSA) is 83.9 Å². The zero-order chi connectivity index (χ0) is 15.8. The molecule has 0 saturated heterocycles. The normalized spacial score (nSPS) is 19.1. The Kier molecular flexibility index (Phi) is 4.25. The van der Waals surface area contributed by atoms with Crippen molar-refractivity contribution in [3.8, 4) is 5.75 Å². The molecule has 0 spiro atoms. The molecule has 1 aromatic carbocycles. The largest absolute Gasteiger partial charge is 0.490 e. The Hall–Kier alpha value is -1.60. The van der Waals surface area contributed by atoms with Gasteiger partial charge in [-0.05, 0) is 30.7 Å². The van der Waals surface area contributed by atoms with Crippen LogP contribution >= 0.6 is 0 Å². The van der Waals surface area contributed by atoms with Crippen molar-refractivity contribution in [1.82, 2.24) is 4.31 Å². The van der Waals surface area contributed by atoms with Crippen molar-refractivity contribution < 1.29 is 23.1 Å². The van der Waals surface area contributed by atoms with Crippen LogP contribution in [0.2, 0.25) is 0 Å². The van der Waals surface area contributed by atoms with Gasteiger partial charge in [0, 0.05) is 20.0 Å². The van der Waals surface area contributed by atoms with E-state index >= 15 is 0 Å². The molecule has 21 heavy (non-hydrogen) atoms. The highest BCUT2D eigenvalue weighted by atomic mass is 32.2. The second kappa shape index (κ2) is 5.65. The second-order valence-corrected chi connectivity index (χ2v) is 7.47. The number of ether oxygens (including phenoxy) is 1. The average molecular weight is 313 g/mol. The quantitative estimate of drug-likeness (QED) is 0.887. The van der Waals surface area contributed by atoms with Crippen LogP contribution in [0.1, 0.15) is 19.4 Å². The van der Waals surface area contributed by atoms with Crippen molar-refractivity contribution in [3.05, 3.63) is 23.8 Å². The first kappa shape index (κ1) is 15.8. The van der Waals surface area contributed by atoms with E-state index < -0.39 is 21.9 Å². The van der Waals surface area contributed by atoms with Gasteiger partial charge in [-0.15, -0.1) is 0 Å². The molecule has 1 heterocycles. The van der Waals surface area contributed by atoms with E-state index in [1.807, 2.05) is 6.92 Å². The fourth-order valence-corrected chi connectivity index (χ4v) is 3.61. The molecule has 0 aliphatic carbocycles. The maximum atomic E-state index is 12.5. The lowest BCUT2D eigenvalue weighted by atomic mass is 10.1. The SMILES string of the molecule is CC1Cc2cc(S(=O)(=O)N(C)CC(C)C(=O)O)ccc2O1. The molecular weight excluding hydrogens is 294 g/mol. The third-order valence-corrected chi connectivity index (χ3v) is 5.35. The lowest BCUT2D eigenvalue weighted by Crippen LogP contribution is -2.33. The third-order valence-electron chi connectivity index (χ3n) is 3.53. The summed E-state index contributed by atoms with van der Waals surface area (Å²) < 4.78 is 31.5. The maximum absolute atomic E-state index is 12.5. The third kappa shape index (κ3) is 3.19. The number of carbonyl (C=O) groups is 1. The van der Waals surface area contributed by atoms with Gasteiger partial charge in [0.05, 0.1) is 10.8 Å². The van der Waals surface area contributed by atoms with Crippen LogP contribution in [0, 0.1) is 5.92 Å². The predicted molar refractivity (Wildman–Crippen MR) is 76.9 cm³/mol. The Bertz CT molecular complexity index is 655. The summed E-state index contributed by atoms with van der Waals surface area (Å²) in [5.74, 6) is -1.07. The van der Waals surface area contributed by atoms with E-state index in [1.54, 1.807) is 12.1 Å². The minimum Gasteiger partial charge on any atom is -0.490 e. The van der Waals surface area contributed by atoms with Crippen molar-refractivity contribution in [3.63, 3.8) is 0 Å². The highest BCUT2D eigenvalue weighted by molar-refractivity contribution is 7.89. The number of benzene rings is 1. The van der Waals surface area contributed by atoms with E-state index in [0.29, 0.717) is 12.2 Å². The Morgan fingerprint density at radius 3 is 2.81 bits per heavy atom. The van der Waals surface area contributed by atoms with Gasteiger partial charge >= 0.3 is 5.97 Å². The Morgan fingerprint density at radius 1 is 1.52 bits per heavy atom. The van der Waals surface area contributed by atoms with Crippen LogP contribution < -0.4 is 4.74 Å². The van der Waals surface area contributed by atoms with Crippen LogP contribution in [0.5, 0.6) is 5.75 Å². The van der Waals surface area contributed by atoms with Crippen molar-refractivity contribution >= 4 is 16.0 Å². The fraction of sp³-hybridized carbons (Fsp3) is 0.500.